The van der Waals surface area contributed by atoms with Crippen molar-refractivity contribution in [1.82, 2.24) is 5.32 Å². The second-order valence-electron chi connectivity index (χ2n) is 10.7. The monoisotopic (exact) mass is 786 g/mol. The Hall–Kier alpha value is -2.75. The standard InChI is InChI=1S/C27H15Br2Cl2F5N2O6/c1-44-10-4-8(13(28)14(29)21(10)39)12-6-2-3-7-11(23(41)37-22(7)40)9(6)5-26(30)24(42)38(25(43)27(12,26)31)20-18(35)16(33)15(32)17(34)19(20)36/h2,4,7,9,11-12,39H,3,5H2,1H3,(H,37,40,41). The van der Waals surface area contributed by atoms with E-state index >= 15 is 8.78 Å². The number of phenolic OH excluding ortho intramolecular Hbond substituents is 1. The van der Waals surface area contributed by atoms with E-state index in [1.54, 1.807) is 0 Å². The minimum absolute atomic E-state index is 0.00844. The van der Waals surface area contributed by atoms with Crippen molar-refractivity contribution >= 4 is 84.4 Å². The van der Waals surface area contributed by atoms with E-state index in [1.807, 2.05) is 0 Å². The maximum atomic E-state index is 15.1. The smallest absolute Gasteiger partial charge is 0.258 e. The maximum absolute atomic E-state index is 15.1. The van der Waals surface area contributed by atoms with Crippen LogP contribution in [0.4, 0.5) is 27.6 Å². The number of rotatable bonds is 3. The Morgan fingerprint density at radius 2 is 1.52 bits per heavy atom. The molecule has 4 aliphatic rings. The molecule has 2 aliphatic heterocycles. The molecule has 2 aromatic rings. The molecule has 0 aromatic heterocycles. The van der Waals surface area contributed by atoms with Crippen LogP contribution in [0.2, 0.25) is 0 Å². The molecule has 8 nitrogen and oxygen atoms in total. The summed E-state index contributed by atoms with van der Waals surface area (Å²) in [4.78, 5) is 48.2. The third kappa shape index (κ3) is 3.72. The number of nitrogens with zero attached hydrogens (tertiary/aromatic N) is 1. The van der Waals surface area contributed by atoms with Gasteiger partial charge >= 0.3 is 0 Å². The molecule has 0 spiro atoms. The highest BCUT2D eigenvalue weighted by molar-refractivity contribution is 9.13. The minimum atomic E-state index is -2.72. The lowest BCUT2D eigenvalue weighted by molar-refractivity contribution is -0.127. The van der Waals surface area contributed by atoms with Gasteiger partial charge in [0.1, 0.15) is 5.69 Å². The van der Waals surface area contributed by atoms with E-state index in [9.17, 15) is 37.5 Å². The molecule has 2 heterocycles. The molecule has 2 N–H and O–H groups in total. The summed E-state index contributed by atoms with van der Waals surface area (Å²) in [6.07, 6.45) is 0.894. The molecule has 1 saturated carbocycles. The van der Waals surface area contributed by atoms with Gasteiger partial charge in [0.05, 0.1) is 23.4 Å². The quantitative estimate of drug-likeness (QED) is 0.107. The third-order valence-electron chi connectivity index (χ3n) is 8.77. The number of hydrogen-bond acceptors (Lipinski definition) is 6. The van der Waals surface area contributed by atoms with Crippen LogP contribution in [0, 0.1) is 46.8 Å². The summed E-state index contributed by atoms with van der Waals surface area (Å²) in [5, 5.41) is 12.8. The largest absolute Gasteiger partial charge is 0.503 e. The molecule has 2 saturated heterocycles. The second kappa shape index (κ2) is 10.1. The molecule has 17 heteroatoms. The predicted octanol–water partition coefficient (Wildman–Crippen LogP) is 5.47. The molecule has 6 rings (SSSR count). The van der Waals surface area contributed by atoms with Crippen LogP contribution in [0.15, 0.2) is 26.7 Å². The zero-order chi connectivity index (χ0) is 32.4. The molecule has 6 atom stereocenters. The number of aromatic hydroxyl groups is 1. The topological polar surface area (TPSA) is 113 Å². The van der Waals surface area contributed by atoms with Crippen molar-refractivity contribution < 1.29 is 51.0 Å². The van der Waals surface area contributed by atoms with Crippen molar-refractivity contribution in [1.29, 1.82) is 0 Å². The van der Waals surface area contributed by atoms with Gasteiger partial charge in [0.25, 0.3) is 11.8 Å². The minimum Gasteiger partial charge on any atom is -0.503 e. The van der Waals surface area contributed by atoms with Crippen LogP contribution in [0.5, 0.6) is 11.5 Å². The van der Waals surface area contributed by atoms with Crippen LogP contribution < -0.4 is 15.0 Å². The van der Waals surface area contributed by atoms with E-state index in [2.05, 4.69) is 37.2 Å². The van der Waals surface area contributed by atoms with Crippen LogP contribution in [0.3, 0.4) is 0 Å². The van der Waals surface area contributed by atoms with Gasteiger partial charge in [0.2, 0.25) is 17.6 Å². The Kier molecular flexibility index (Phi) is 7.19. The van der Waals surface area contributed by atoms with Gasteiger partial charge in [0.15, 0.2) is 44.5 Å². The third-order valence-corrected chi connectivity index (χ3v) is 12.3. The summed E-state index contributed by atoms with van der Waals surface area (Å²) in [6, 6.07) is 1.24. The lowest BCUT2D eigenvalue weighted by atomic mass is 9.56. The number of allylic oxidation sites excluding steroid dienone is 2. The van der Waals surface area contributed by atoms with E-state index in [0.29, 0.717) is 0 Å². The molecule has 2 aliphatic carbocycles. The average Bonchev–Trinajstić information content (AvgIpc) is 3.36. The van der Waals surface area contributed by atoms with Gasteiger partial charge in [-0.25, -0.2) is 26.9 Å². The predicted molar refractivity (Wildman–Crippen MR) is 150 cm³/mol. The van der Waals surface area contributed by atoms with Crippen molar-refractivity contribution in [2.45, 2.75) is 28.5 Å². The molecule has 4 amide bonds. The highest BCUT2D eigenvalue weighted by atomic mass is 79.9. The van der Waals surface area contributed by atoms with Crippen molar-refractivity contribution in [3.8, 4) is 11.5 Å². The summed E-state index contributed by atoms with van der Waals surface area (Å²) < 4.78 is 77.9. The SMILES string of the molecule is COc1cc(C2C3=CCC4C(=O)NC(=O)C4C3CC3(Cl)C(=O)N(c4c(F)c(F)c(F)c(F)c4F)C(=O)C23Cl)c(Br)c(Br)c1O. The fourth-order valence-corrected chi connectivity index (χ4v) is 8.68. The summed E-state index contributed by atoms with van der Waals surface area (Å²) in [7, 11) is 1.21. The first kappa shape index (κ1) is 31.2. The first-order valence-electron chi connectivity index (χ1n) is 12.6. The van der Waals surface area contributed by atoms with Crippen molar-refractivity contribution in [3.63, 3.8) is 0 Å². The number of hydrogen-bond donors (Lipinski definition) is 2. The Balaban J connectivity index is 1.66. The molecule has 232 valence electrons. The number of imide groups is 2. The number of nitrogens with one attached hydrogen (secondary N) is 1. The molecular formula is C27H15Br2Cl2F5N2O6. The Morgan fingerprint density at radius 3 is 2.11 bits per heavy atom. The van der Waals surface area contributed by atoms with Gasteiger partial charge in [-0.2, -0.15) is 0 Å². The van der Waals surface area contributed by atoms with Crippen LogP contribution in [0.1, 0.15) is 24.3 Å². The summed E-state index contributed by atoms with van der Waals surface area (Å²) in [5.41, 5.74) is -1.61. The Bertz CT molecular complexity index is 1770. The number of methoxy groups -OCH3 is 1. The molecule has 0 radical (unpaired) electrons. The highest BCUT2D eigenvalue weighted by Crippen LogP contribution is 2.67. The Morgan fingerprint density at radius 1 is 0.932 bits per heavy atom. The summed E-state index contributed by atoms with van der Waals surface area (Å²) >= 11 is 20.6. The van der Waals surface area contributed by atoms with Gasteiger partial charge in [0, 0.05) is 10.4 Å². The first-order chi connectivity index (χ1) is 20.5. The number of alkyl halides is 2. The molecule has 44 heavy (non-hydrogen) atoms. The van der Waals surface area contributed by atoms with Crippen molar-refractivity contribution in [2.24, 2.45) is 17.8 Å². The number of ether oxygens (including phenoxy) is 1. The van der Waals surface area contributed by atoms with Gasteiger partial charge in [-0.05, 0) is 62.2 Å². The van der Waals surface area contributed by atoms with Crippen molar-refractivity contribution in [2.75, 3.05) is 12.0 Å². The molecular weight excluding hydrogens is 774 g/mol. The van der Waals surface area contributed by atoms with Crippen molar-refractivity contribution in [3.05, 3.63) is 61.3 Å². The zero-order valence-electron chi connectivity index (χ0n) is 21.7. The number of anilines is 1. The normalized spacial score (nSPS) is 31.0. The van der Waals surface area contributed by atoms with E-state index in [-0.39, 0.29) is 37.2 Å². The van der Waals surface area contributed by atoms with Gasteiger partial charge in [-0.15, -0.1) is 23.2 Å². The van der Waals surface area contributed by atoms with E-state index in [0.717, 1.165) is 0 Å². The molecule has 3 fully saturated rings. The highest BCUT2D eigenvalue weighted by Gasteiger charge is 2.77. The molecule has 0 bridgehead atoms. The number of amides is 4. The molecule has 6 unspecified atom stereocenters. The Labute approximate surface area is 270 Å². The lowest BCUT2D eigenvalue weighted by Gasteiger charge is -2.51. The van der Waals surface area contributed by atoms with Crippen LogP contribution >= 0.6 is 55.1 Å². The number of carbonyl (C=O) groups excluding carboxylic acids is 4. The maximum Gasteiger partial charge on any atom is 0.258 e. The summed E-state index contributed by atoms with van der Waals surface area (Å²) in [6.45, 7) is 0. The molecule has 2 aromatic carbocycles. The van der Waals surface area contributed by atoms with Crippen LogP contribution in [-0.2, 0) is 19.2 Å². The number of halogens is 9. The fourth-order valence-electron chi connectivity index (χ4n) is 6.80. The number of carbonyl (C=O) groups is 4. The van der Waals surface area contributed by atoms with Gasteiger partial charge in [-0.1, -0.05) is 11.6 Å². The zero-order valence-corrected chi connectivity index (χ0v) is 26.4. The van der Waals surface area contributed by atoms with Gasteiger partial charge in [-0.3, -0.25) is 24.5 Å². The van der Waals surface area contributed by atoms with Gasteiger partial charge < -0.3 is 9.84 Å². The van der Waals surface area contributed by atoms with E-state index < -0.39 is 104 Å². The summed E-state index contributed by atoms with van der Waals surface area (Å²) in [5.74, 6) is -22.0. The fraction of sp³-hybridized carbons (Fsp3) is 0.333. The lowest BCUT2D eigenvalue weighted by Crippen LogP contribution is -2.60. The first-order valence-corrected chi connectivity index (χ1v) is 15.0. The van der Waals surface area contributed by atoms with Crippen LogP contribution in [0.25, 0.3) is 0 Å². The number of benzene rings is 2. The van der Waals surface area contributed by atoms with Crippen LogP contribution in [-0.4, -0.2) is 45.6 Å². The number of fused-ring (bicyclic) bond motifs is 4. The van der Waals surface area contributed by atoms with E-state index in [4.69, 9.17) is 27.9 Å². The second-order valence-corrected chi connectivity index (χ2v) is 13.5. The average molecular weight is 789 g/mol. The van der Waals surface area contributed by atoms with E-state index in [1.165, 1.54) is 19.3 Å². The number of phenols is 1.